The lowest BCUT2D eigenvalue weighted by molar-refractivity contribution is 0.169. The number of nitrogens with two attached hydrogens (primary N) is 1. The maximum absolute atomic E-state index is 5.76. The number of rotatable bonds is 4. The van der Waals surface area contributed by atoms with Crippen molar-refractivity contribution in [3.63, 3.8) is 0 Å². The van der Waals surface area contributed by atoms with E-state index in [1.165, 1.54) is 11.1 Å². The molecule has 0 saturated heterocycles. The Morgan fingerprint density at radius 3 is 2.76 bits per heavy atom. The molecule has 94 valence electrons. The molecule has 1 heterocycles. The summed E-state index contributed by atoms with van der Waals surface area (Å²) in [7, 11) is 0. The first-order valence-electron chi connectivity index (χ1n) is 6.39. The van der Waals surface area contributed by atoms with Gasteiger partial charge in [-0.15, -0.1) is 0 Å². The van der Waals surface area contributed by atoms with E-state index >= 15 is 0 Å². The number of hydrogen-bond acceptors (Lipinski definition) is 3. The molecular formula is C14H21NO2. The van der Waals surface area contributed by atoms with Gasteiger partial charge in [0.1, 0.15) is 13.2 Å². The Hall–Kier alpha value is -1.22. The Morgan fingerprint density at radius 1 is 1.29 bits per heavy atom. The van der Waals surface area contributed by atoms with Crippen molar-refractivity contribution < 1.29 is 9.47 Å². The molecule has 1 aliphatic heterocycles. The largest absolute Gasteiger partial charge is 0.486 e. The SMILES string of the molecule is CCc1c(C(C)CCN)ccc2c1OCCO2. The Kier molecular flexibility index (Phi) is 3.89. The van der Waals surface area contributed by atoms with Gasteiger partial charge in [-0.1, -0.05) is 19.9 Å². The van der Waals surface area contributed by atoms with Gasteiger partial charge in [-0.25, -0.2) is 0 Å². The first-order valence-corrected chi connectivity index (χ1v) is 6.39. The van der Waals surface area contributed by atoms with Crippen LogP contribution in [-0.2, 0) is 6.42 Å². The van der Waals surface area contributed by atoms with Gasteiger partial charge < -0.3 is 15.2 Å². The summed E-state index contributed by atoms with van der Waals surface area (Å²) in [5.41, 5.74) is 8.27. The van der Waals surface area contributed by atoms with E-state index in [2.05, 4.69) is 19.9 Å². The zero-order valence-corrected chi connectivity index (χ0v) is 10.7. The van der Waals surface area contributed by atoms with Crippen LogP contribution < -0.4 is 15.2 Å². The van der Waals surface area contributed by atoms with Gasteiger partial charge in [-0.2, -0.15) is 0 Å². The summed E-state index contributed by atoms with van der Waals surface area (Å²) in [5, 5.41) is 0. The van der Waals surface area contributed by atoms with Gasteiger partial charge in [0.05, 0.1) is 0 Å². The zero-order chi connectivity index (χ0) is 12.3. The molecule has 2 rings (SSSR count). The minimum Gasteiger partial charge on any atom is -0.486 e. The number of ether oxygens (including phenoxy) is 2. The number of benzene rings is 1. The fourth-order valence-corrected chi connectivity index (χ4v) is 2.42. The van der Waals surface area contributed by atoms with Crippen molar-refractivity contribution in [2.75, 3.05) is 19.8 Å². The van der Waals surface area contributed by atoms with Crippen molar-refractivity contribution >= 4 is 0 Å². The summed E-state index contributed by atoms with van der Waals surface area (Å²) in [5.74, 6) is 2.31. The second-order valence-electron chi connectivity index (χ2n) is 4.49. The van der Waals surface area contributed by atoms with Gasteiger partial charge in [-0.05, 0) is 36.9 Å². The van der Waals surface area contributed by atoms with Crippen molar-refractivity contribution in [1.29, 1.82) is 0 Å². The molecular weight excluding hydrogens is 214 g/mol. The van der Waals surface area contributed by atoms with Crippen LogP contribution >= 0.6 is 0 Å². The van der Waals surface area contributed by atoms with Crippen LogP contribution in [0.5, 0.6) is 11.5 Å². The molecule has 0 aliphatic carbocycles. The third-order valence-corrected chi connectivity index (χ3v) is 3.33. The van der Waals surface area contributed by atoms with Crippen molar-refractivity contribution in [1.82, 2.24) is 0 Å². The van der Waals surface area contributed by atoms with Gasteiger partial charge in [0.2, 0.25) is 0 Å². The molecule has 0 saturated carbocycles. The van der Waals surface area contributed by atoms with Crippen molar-refractivity contribution in [3.05, 3.63) is 23.3 Å². The highest BCUT2D eigenvalue weighted by molar-refractivity contribution is 5.52. The van der Waals surface area contributed by atoms with Crippen molar-refractivity contribution in [2.45, 2.75) is 32.6 Å². The summed E-state index contributed by atoms with van der Waals surface area (Å²) in [4.78, 5) is 0. The van der Waals surface area contributed by atoms with E-state index in [0.717, 1.165) is 30.9 Å². The molecule has 0 fully saturated rings. The third-order valence-electron chi connectivity index (χ3n) is 3.33. The summed E-state index contributed by atoms with van der Waals surface area (Å²) < 4.78 is 11.4. The third kappa shape index (κ3) is 2.39. The van der Waals surface area contributed by atoms with Crippen LogP contribution in [-0.4, -0.2) is 19.8 Å². The number of hydrogen-bond donors (Lipinski definition) is 1. The normalized spacial score (nSPS) is 15.7. The molecule has 1 aromatic rings. The minimum atomic E-state index is 0.478. The molecule has 1 atom stereocenters. The zero-order valence-electron chi connectivity index (χ0n) is 10.7. The fraction of sp³-hybridized carbons (Fsp3) is 0.571. The van der Waals surface area contributed by atoms with Gasteiger partial charge >= 0.3 is 0 Å². The molecule has 0 amide bonds. The summed E-state index contributed by atoms with van der Waals surface area (Å²) in [6.45, 7) is 6.39. The first-order chi connectivity index (χ1) is 8.27. The summed E-state index contributed by atoms with van der Waals surface area (Å²) >= 11 is 0. The average Bonchev–Trinajstić information content (AvgIpc) is 2.37. The topological polar surface area (TPSA) is 44.5 Å². The van der Waals surface area contributed by atoms with Gasteiger partial charge in [-0.3, -0.25) is 0 Å². The van der Waals surface area contributed by atoms with E-state index in [1.54, 1.807) is 0 Å². The highest BCUT2D eigenvalue weighted by Gasteiger charge is 2.20. The van der Waals surface area contributed by atoms with Crippen molar-refractivity contribution in [2.24, 2.45) is 5.73 Å². The highest BCUT2D eigenvalue weighted by atomic mass is 16.6. The molecule has 2 N–H and O–H groups in total. The number of fused-ring (bicyclic) bond motifs is 1. The van der Waals surface area contributed by atoms with Crippen LogP contribution in [0, 0.1) is 0 Å². The van der Waals surface area contributed by atoms with Crippen molar-refractivity contribution in [3.8, 4) is 11.5 Å². The molecule has 1 aromatic carbocycles. The monoisotopic (exact) mass is 235 g/mol. The molecule has 3 nitrogen and oxygen atoms in total. The van der Waals surface area contributed by atoms with E-state index in [-0.39, 0.29) is 0 Å². The molecule has 0 spiro atoms. The Balaban J connectivity index is 2.39. The summed E-state index contributed by atoms with van der Waals surface area (Å²) in [6, 6.07) is 4.18. The predicted molar refractivity (Wildman–Crippen MR) is 68.9 cm³/mol. The van der Waals surface area contributed by atoms with Crippen LogP contribution in [0.3, 0.4) is 0 Å². The molecule has 3 heteroatoms. The van der Waals surface area contributed by atoms with Crippen LogP contribution in [0.25, 0.3) is 0 Å². The van der Waals surface area contributed by atoms with Gasteiger partial charge in [0, 0.05) is 5.56 Å². The second-order valence-corrected chi connectivity index (χ2v) is 4.49. The molecule has 0 radical (unpaired) electrons. The molecule has 1 aliphatic rings. The lowest BCUT2D eigenvalue weighted by Gasteiger charge is -2.24. The first kappa shape index (κ1) is 12.2. The highest BCUT2D eigenvalue weighted by Crippen LogP contribution is 2.39. The lowest BCUT2D eigenvalue weighted by atomic mass is 9.91. The van der Waals surface area contributed by atoms with Crippen LogP contribution in [0.1, 0.15) is 37.3 Å². The molecule has 17 heavy (non-hydrogen) atoms. The Bertz CT molecular complexity index is 390. The quantitative estimate of drug-likeness (QED) is 0.872. The molecule has 1 unspecified atom stereocenters. The van der Waals surface area contributed by atoms with Crippen LogP contribution in [0.15, 0.2) is 12.1 Å². The van der Waals surface area contributed by atoms with E-state index in [1.807, 2.05) is 6.07 Å². The Morgan fingerprint density at radius 2 is 2.06 bits per heavy atom. The van der Waals surface area contributed by atoms with E-state index in [0.29, 0.717) is 19.1 Å². The standard InChI is InChI=1S/C14H21NO2/c1-3-11-12(10(2)6-7-15)4-5-13-14(11)17-9-8-16-13/h4-5,10H,3,6-9,15H2,1-2H3. The second kappa shape index (κ2) is 5.41. The lowest BCUT2D eigenvalue weighted by Crippen LogP contribution is -2.18. The molecule has 0 bridgehead atoms. The predicted octanol–water partition coefficient (Wildman–Crippen LogP) is 2.47. The van der Waals surface area contributed by atoms with E-state index in [4.69, 9.17) is 15.2 Å². The maximum atomic E-state index is 5.76. The van der Waals surface area contributed by atoms with Gasteiger partial charge in [0.25, 0.3) is 0 Å². The maximum Gasteiger partial charge on any atom is 0.164 e. The fourth-order valence-electron chi connectivity index (χ4n) is 2.42. The minimum absolute atomic E-state index is 0.478. The summed E-state index contributed by atoms with van der Waals surface area (Å²) in [6.07, 6.45) is 1.98. The van der Waals surface area contributed by atoms with E-state index in [9.17, 15) is 0 Å². The Labute approximate surface area is 103 Å². The molecule has 0 aromatic heterocycles. The van der Waals surface area contributed by atoms with Crippen LogP contribution in [0.4, 0.5) is 0 Å². The van der Waals surface area contributed by atoms with Crippen LogP contribution in [0.2, 0.25) is 0 Å². The van der Waals surface area contributed by atoms with E-state index < -0.39 is 0 Å². The smallest absolute Gasteiger partial charge is 0.164 e. The van der Waals surface area contributed by atoms with Gasteiger partial charge in [0.15, 0.2) is 11.5 Å². The average molecular weight is 235 g/mol.